The second-order valence-corrected chi connectivity index (χ2v) is 10.0. The molecule has 1 aliphatic heterocycles. The van der Waals surface area contributed by atoms with Crippen molar-refractivity contribution in [2.45, 2.75) is 19.7 Å². The lowest BCUT2D eigenvalue weighted by atomic mass is 10.1. The van der Waals surface area contributed by atoms with Crippen LogP contribution in [0.5, 0.6) is 5.75 Å². The summed E-state index contributed by atoms with van der Waals surface area (Å²) in [7, 11) is 0. The highest BCUT2D eigenvalue weighted by atomic mass is 35.5. The topological polar surface area (TPSA) is 85.0 Å². The number of carbonyl (C=O) groups excluding carboxylic acids is 1. The molecule has 5 rings (SSSR count). The molecule has 1 aromatic heterocycles. The summed E-state index contributed by atoms with van der Waals surface area (Å²) in [6, 6.07) is 18.0. The van der Waals surface area contributed by atoms with Gasteiger partial charge >= 0.3 is 6.36 Å². The van der Waals surface area contributed by atoms with Crippen LogP contribution in [0.25, 0.3) is 17.1 Å². The number of carbonyl (C=O) groups is 1. The van der Waals surface area contributed by atoms with Crippen LogP contribution < -0.4 is 9.64 Å². The fourth-order valence-electron chi connectivity index (χ4n) is 3.90. The first-order chi connectivity index (χ1) is 19.2. The summed E-state index contributed by atoms with van der Waals surface area (Å²) in [6.07, 6.45) is -1.34. The van der Waals surface area contributed by atoms with E-state index in [4.69, 9.17) is 11.6 Å². The number of benzene rings is 3. The van der Waals surface area contributed by atoms with Gasteiger partial charge in [-0.2, -0.15) is 5.10 Å². The monoisotopic (exact) mass is 584 g/mol. The summed E-state index contributed by atoms with van der Waals surface area (Å²) < 4.78 is 42.5. The van der Waals surface area contributed by atoms with Crippen molar-refractivity contribution in [3.63, 3.8) is 0 Å². The average Bonchev–Trinajstić information content (AvgIpc) is 3.40. The maximum absolute atomic E-state index is 12.7. The van der Waals surface area contributed by atoms with Gasteiger partial charge in [-0.1, -0.05) is 59.8 Å². The molecule has 13 heteroatoms. The lowest BCUT2D eigenvalue weighted by Crippen LogP contribution is -2.39. The van der Waals surface area contributed by atoms with E-state index in [-0.39, 0.29) is 11.7 Å². The van der Waals surface area contributed by atoms with E-state index in [9.17, 15) is 18.0 Å². The molecule has 1 saturated heterocycles. The molecular formula is C27H20ClF3N6O2S. The van der Waals surface area contributed by atoms with E-state index in [1.807, 2.05) is 43.3 Å². The fourth-order valence-corrected chi connectivity index (χ4v) is 5.09. The van der Waals surface area contributed by atoms with E-state index in [1.165, 1.54) is 51.9 Å². The Morgan fingerprint density at radius 2 is 1.82 bits per heavy atom. The molecule has 2 heterocycles. The summed E-state index contributed by atoms with van der Waals surface area (Å²) in [5.41, 5.74) is 3.49. The highest BCUT2D eigenvalue weighted by Gasteiger charge is 2.31. The molecule has 0 saturated carbocycles. The van der Waals surface area contributed by atoms with Gasteiger partial charge in [0.2, 0.25) is 5.91 Å². The van der Waals surface area contributed by atoms with Gasteiger partial charge in [-0.25, -0.2) is 9.67 Å². The predicted octanol–water partition coefficient (Wildman–Crippen LogP) is 6.65. The van der Waals surface area contributed by atoms with Gasteiger partial charge in [0.05, 0.1) is 22.6 Å². The van der Waals surface area contributed by atoms with Gasteiger partial charge < -0.3 is 4.74 Å². The van der Waals surface area contributed by atoms with Crippen LogP contribution in [0.2, 0.25) is 5.02 Å². The van der Waals surface area contributed by atoms with Crippen molar-refractivity contribution in [1.82, 2.24) is 14.8 Å². The number of hydrogen-bond donors (Lipinski definition) is 0. The standard InChI is InChI=1S/C27H20ClF3N6O2S/c1-17-3-2-4-22(28)24(17)37-23(38)13-14-40-26(37)34-33-15-18-5-7-19(8-6-18)25-32-16-36(35-25)20-9-11-21(12-10-20)39-27(29,30)31/h2-12,15-16H,13-14H2,1H3/b33-15+,34-26-. The summed E-state index contributed by atoms with van der Waals surface area (Å²) in [6.45, 7) is 1.89. The molecule has 0 N–H and O–H groups in total. The molecule has 0 unspecified atom stereocenters. The zero-order valence-electron chi connectivity index (χ0n) is 20.8. The van der Waals surface area contributed by atoms with Crippen LogP contribution in [0.15, 0.2) is 83.3 Å². The van der Waals surface area contributed by atoms with E-state index in [0.717, 1.165) is 16.7 Å². The van der Waals surface area contributed by atoms with Gasteiger partial charge in [-0.05, 0) is 48.4 Å². The number of hydrogen-bond acceptors (Lipinski definition) is 7. The molecule has 0 radical (unpaired) electrons. The summed E-state index contributed by atoms with van der Waals surface area (Å²) in [5.74, 6) is 0.625. The van der Waals surface area contributed by atoms with Gasteiger partial charge in [-0.15, -0.1) is 23.4 Å². The summed E-state index contributed by atoms with van der Waals surface area (Å²) in [4.78, 5) is 18.5. The number of alkyl halides is 3. The minimum Gasteiger partial charge on any atom is -0.406 e. The van der Waals surface area contributed by atoms with Crippen molar-refractivity contribution in [3.05, 3.63) is 89.2 Å². The molecule has 3 aromatic carbocycles. The van der Waals surface area contributed by atoms with Crippen LogP contribution in [0, 0.1) is 6.92 Å². The van der Waals surface area contributed by atoms with Crippen molar-refractivity contribution in [2.75, 3.05) is 10.7 Å². The Morgan fingerprint density at radius 3 is 2.52 bits per heavy atom. The predicted molar refractivity (Wildman–Crippen MR) is 149 cm³/mol. The Morgan fingerprint density at radius 1 is 1.07 bits per heavy atom. The third-order valence-corrected chi connectivity index (χ3v) is 6.98. The van der Waals surface area contributed by atoms with Crippen molar-refractivity contribution in [1.29, 1.82) is 0 Å². The Bertz CT molecular complexity index is 1570. The van der Waals surface area contributed by atoms with Gasteiger partial charge in [0, 0.05) is 17.7 Å². The van der Waals surface area contributed by atoms with Gasteiger partial charge in [0.15, 0.2) is 11.0 Å². The number of nitrogens with zero attached hydrogens (tertiary/aromatic N) is 6. The van der Waals surface area contributed by atoms with Crippen LogP contribution in [0.1, 0.15) is 17.5 Å². The second kappa shape index (κ2) is 11.5. The molecule has 0 bridgehead atoms. The Labute approximate surface area is 236 Å². The van der Waals surface area contributed by atoms with Crippen molar-refractivity contribution in [2.24, 2.45) is 10.2 Å². The van der Waals surface area contributed by atoms with Crippen molar-refractivity contribution >= 4 is 46.3 Å². The van der Waals surface area contributed by atoms with E-state index in [1.54, 1.807) is 12.3 Å². The third kappa shape index (κ3) is 6.35. The van der Waals surface area contributed by atoms with Gasteiger partial charge in [-0.3, -0.25) is 9.69 Å². The molecule has 8 nitrogen and oxygen atoms in total. The van der Waals surface area contributed by atoms with E-state index < -0.39 is 6.36 Å². The SMILES string of the molecule is Cc1cccc(Cl)c1N1C(=O)CCS/C1=N\N=C\c1ccc(-c2ncn(-c3ccc(OC(F)(F)F)cc3)n2)cc1. The highest BCUT2D eigenvalue weighted by Crippen LogP contribution is 2.34. The lowest BCUT2D eigenvalue weighted by Gasteiger charge is -2.28. The van der Waals surface area contributed by atoms with E-state index >= 15 is 0 Å². The first-order valence-corrected chi connectivity index (χ1v) is 13.2. The molecular weight excluding hydrogens is 565 g/mol. The number of rotatable bonds is 6. The molecule has 4 aromatic rings. The first kappa shape index (κ1) is 27.4. The zero-order valence-corrected chi connectivity index (χ0v) is 22.4. The number of amides is 1. The first-order valence-electron chi connectivity index (χ1n) is 11.9. The Hall–Kier alpha value is -4.16. The van der Waals surface area contributed by atoms with Crippen LogP contribution >= 0.6 is 23.4 Å². The Balaban J connectivity index is 1.29. The number of aryl methyl sites for hydroxylation is 1. The highest BCUT2D eigenvalue weighted by molar-refractivity contribution is 8.14. The molecule has 1 aliphatic rings. The fraction of sp³-hybridized carbons (Fsp3) is 0.148. The van der Waals surface area contributed by atoms with E-state index in [0.29, 0.717) is 39.6 Å². The number of halogens is 4. The number of amidine groups is 1. The largest absolute Gasteiger partial charge is 0.573 e. The maximum atomic E-state index is 12.7. The smallest absolute Gasteiger partial charge is 0.406 e. The summed E-state index contributed by atoms with van der Waals surface area (Å²) in [5, 5.41) is 13.8. The number of anilines is 1. The molecule has 1 amide bonds. The Kier molecular flexibility index (Phi) is 7.90. The molecule has 0 aliphatic carbocycles. The number of aromatic nitrogens is 3. The number of para-hydroxylation sites is 1. The average molecular weight is 585 g/mol. The summed E-state index contributed by atoms with van der Waals surface area (Å²) >= 11 is 7.83. The van der Waals surface area contributed by atoms with Crippen molar-refractivity contribution < 1.29 is 22.7 Å². The molecule has 40 heavy (non-hydrogen) atoms. The molecule has 0 spiro atoms. The molecule has 0 atom stereocenters. The second-order valence-electron chi connectivity index (χ2n) is 8.54. The zero-order chi connectivity index (χ0) is 28.3. The normalized spacial score (nSPS) is 15.3. The number of ether oxygens (including phenoxy) is 1. The minimum absolute atomic E-state index is 0.0919. The number of thioether (sulfide) groups is 1. The van der Waals surface area contributed by atoms with Gasteiger partial charge in [0.25, 0.3) is 0 Å². The third-order valence-electron chi connectivity index (χ3n) is 5.75. The van der Waals surface area contributed by atoms with Crippen LogP contribution in [0.4, 0.5) is 18.9 Å². The van der Waals surface area contributed by atoms with Gasteiger partial charge in [0.1, 0.15) is 12.1 Å². The van der Waals surface area contributed by atoms with Crippen LogP contribution in [-0.4, -0.2) is 44.2 Å². The molecule has 1 fully saturated rings. The van der Waals surface area contributed by atoms with Crippen LogP contribution in [-0.2, 0) is 4.79 Å². The lowest BCUT2D eigenvalue weighted by molar-refractivity contribution is -0.274. The quantitative estimate of drug-likeness (QED) is 0.187. The van der Waals surface area contributed by atoms with E-state index in [2.05, 4.69) is 25.0 Å². The van der Waals surface area contributed by atoms with Crippen LogP contribution in [0.3, 0.4) is 0 Å². The molecule has 204 valence electrons. The van der Waals surface area contributed by atoms with Crippen molar-refractivity contribution in [3.8, 4) is 22.8 Å². The minimum atomic E-state index is -4.75. The maximum Gasteiger partial charge on any atom is 0.573 e.